The molecule has 0 bridgehead atoms. The van der Waals surface area contributed by atoms with E-state index in [2.05, 4.69) is 10.3 Å². The molecule has 4 rings (SSSR count). The molecule has 0 unspecified atom stereocenters. The summed E-state index contributed by atoms with van der Waals surface area (Å²) in [7, 11) is 1.53. The van der Waals surface area contributed by atoms with E-state index in [0.29, 0.717) is 27.3 Å². The fourth-order valence-corrected chi connectivity index (χ4v) is 4.89. The Balaban J connectivity index is 1.57. The van der Waals surface area contributed by atoms with Crippen molar-refractivity contribution in [3.63, 3.8) is 0 Å². The van der Waals surface area contributed by atoms with Gasteiger partial charge in [0.1, 0.15) is 11.4 Å². The summed E-state index contributed by atoms with van der Waals surface area (Å²) in [5.41, 5.74) is 2.62. The van der Waals surface area contributed by atoms with Gasteiger partial charge in [0.15, 0.2) is 5.17 Å². The normalized spacial score (nSPS) is 14.5. The molecule has 3 aromatic rings. The van der Waals surface area contributed by atoms with Crippen molar-refractivity contribution in [1.29, 1.82) is 0 Å². The van der Waals surface area contributed by atoms with Crippen LogP contribution >= 0.6 is 34.7 Å². The number of aryl methyl sites for hydroxylation is 1. The molecule has 1 aliphatic heterocycles. The molecule has 168 valence electrons. The van der Waals surface area contributed by atoms with Crippen molar-refractivity contribution >= 4 is 69.1 Å². The molecular formula is C24H20ClN3O3S2. The number of nitrogens with zero attached hydrogens (tertiary/aromatic N) is 2. The number of amides is 2. The summed E-state index contributed by atoms with van der Waals surface area (Å²) in [6.07, 6.45) is 1.74. The molecule has 0 saturated carbocycles. The van der Waals surface area contributed by atoms with Crippen LogP contribution in [0.3, 0.4) is 0 Å². The van der Waals surface area contributed by atoms with Gasteiger partial charge in [0.05, 0.1) is 23.6 Å². The smallest absolute Gasteiger partial charge is 0.283 e. The molecule has 0 radical (unpaired) electrons. The lowest BCUT2D eigenvalue weighted by molar-refractivity contribution is -0.114. The number of aliphatic imine (C=N–C) groups is 1. The molecule has 0 aliphatic carbocycles. The monoisotopic (exact) mass is 497 g/mol. The number of carbonyl (C=O) groups excluding carboxylic acids is 2. The van der Waals surface area contributed by atoms with E-state index in [1.165, 1.54) is 35.1 Å². The number of rotatable bonds is 6. The average Bonchev–Trinajstić information content (AvgIpc) is 3.40. The number of hydrogen-bond acceptors (Lipinski definition) is 6. The molecule has 0 spiro atoms. The van der Waals surface area contributed by atoms with Gasteiger partial charge in [0.2, 0.25) is 5.91 Å². The third-order valence-corrected chi connectivity index (χ3v) is 6.73. The summed E-state index contributed by atoms with van der Waals surface area (Å²) >= 11 is 9.00. The van der Waals surface area contributed by atoms with Gasteiger partial charge in [-0.05, 0) is 60.3 Å². The Kier molecular flexibility index (Phi) is 7.17. The number of amidine groups is 1. The third kappa shape index (κ3) is 5.47. The van der Waals surface area contributed by atoms with Crippen molar-refractivity contribution in [2.24, 2.45) is 4.99 Å². The highest BCUT2D eigenvalue weighted by atomic mass is 35.5. The Hall–Kier alpha value is -3.07. The van der Waals surface area contributed by atoms with E-state index in [1.54, 1.807) is 24.3 Å². The molecule has 6 nitrogen and oxygen atoms in total. The minimum absolute atomic E-state index is 0.0900. The van der Waals surface area contributed by atoms with Gasteiger partial charge in [-0.1, -0.05) is 41.6 Å². The number of anilines is 2. The van der Waals surface area contributed by atoms with E-state index in [-0.39, 0.29) is 17.6 Å². The maximum Gasteiger partial charge on any atom is 0.283 e. The molecule has 0 saturated heterocycles. The number of nitrogens with one attached hydrogen (secondary N) is 1. The van der Waals surface area contributed by atoms with Gasteiger partial charge in [0.25, 0.3) is 5.91 Å². The summed E-state index contributed by atoms with van der Waals surface area (Å²) in [6.45, 7) is 1.96. The average molecular weight is 498 g/mol. The van der Waals surface area contributed by atoms with E-state index in [9.17, 15) is 9.59 Å². The summed E-state index contributed by atoms with van der Waals surface area (Å²) < 4.78 is 5.22. The van der Waals surface area contributed by atoms with Crippen molar-refractivity contribution in [3.05, 3.63) is 81.1 Å². The Morgan fingerprint density at radius 3 is 2.79 bits per heavy atom. The summed E-state index contributed by atoms with van der Waals surface area (Å²) in [4.78, 5) is 32.7. The number of thioether (sulfide) groups is 1. The van der Waals surface area contributed by atoms with Crippen molar-refractivity contribution < 1.29 is 14.3 Å². The van der Waals surface area contributed by atoms with E-state index in [4.69, 9.17) is 16.3 Å². The fraction of sp³-hybridized carbons (Fsp3) is 0.125. The van der Waals surface area contributed by atoms with Gasteiger partial charge < -0.3 is 10.1 Å². The summed E-state index contributed by atoms with van der Waals surface area (Å²) in [5, 5.41) is 5.59. The molecule has 0 atom stereocenters. The molecule has 2 heterocycles. The molecule has 33 heavy (non-hydrogen) atoms. The van der Waals surface area contributed by atoms with Crippen molar-refractivity contribution in [3.8, 4) is 5.75 Å². The lowest BCUT2D eigenvalue weighted by Crippen LogP contribution is -2.31. The second-order valence-corrected chi connectivity index (χ2v) is 9.43. The largest absolute Gasteiger partial charge is 0.495 e. The number of methoxy groups -OCH3 is 1. The van der Waals surface area contributed by atoms with Crippen molar-refractivity contribution in [1.82, 2.24) is 0 Å². The lowest BCUT2D eigenvalue weighted by Gasteiger charge is -2.18. The van der Waals surface area contributed by atoms with Crippen LogP contribution in [0.15, 0.2) is 70.7 Å². The van der Waals surface area contributed by atoms with Gasteiger partial charge >= 0.3 is 0 Å². The highest BCUT2D eigenvalue weighted by Gasteiger charge is 2.33. The van der Waals surface area contributed by atoms with Crippen LogP contribution in [0.1, 0.15) is 10.4 Å². The topological polar surface area (TPSA) is 71.0 Å². The van der Waals surface area contributed by atoms with Crippen LogP contribution in [-0.4, -0.2) is 29.8 Å². The number of carbonyl (C=O) groups is 2. The zero-order valence-electron chi connectivity index (χ0n) is 17.9. The van der Waals surface area contributed by atoms with Crippen LogP contribution in [0.2, 0.25) is 5.02 Å². The van der Waals surface area contributed by atoms with Crippen molar-refractivity contribution in [2.75, 3.05) is 23.1 Å². The first kappa shape index (κ1) is 23.1. The Morgan fingerprint density at radius 1 is 1.24 bits per heavy atom. The third-order valence-electron chi connectivity index (χ3n) is 4.68. The molecular weight excluding hydrogens is 478 g/mol. The Labute approximate surface area is 204 Å². The van der Waals surface area contributed by atoms with E-state index in [0.717, 1.165) is 16.1 Å². The van der Waals surface area contributed by atoms with Crippen LogP contribution in [0, 0.1) is 6.92 Å². The quantitative estimate of drug-likeness (QED) is 0.435. The number of benzene rings is 2. The highest BCUT2D eigenvalue weighted by molar-refractivity contribution is 8.14. The van der Waals surface area contributed by atoms with Crippen LogP contribution in [0.4, 0.5) is 11.4 Å². The lowest BCUT2D eigenvalue weighted by atomic mass is 10.2. The maximum atomic E-state index is 13.2. The van der Waals surface area contributed by atoms with E-state index in [1.807, 2.05) is 48.7 Å². The Bertz CT molecular complexity index is 1260. The zero-order chi connectivity index (χ0) is 23.4. The van der Waals surface area contributed by atoms with Gasteiger partial charge in [-0.2, -0.15) is 0 Å². The van der Waals surface area contributed by atoms with Crippen molar-refractivity contribution in [2.45, 2.75) is 6.92 Å². The molecule has 1 aromatic heterocycles. The molecule has 1 N–H and O–H groups in total. The summed E-state index contributed by atoms with van der Waals surface area (Å²) in [5.74, 6) is 0.118. The number of halogens is 1. The first-order valence-corrected chi connectivity index (χ1v) is 12.2. The van der Waals surface area contributed by atoms with E-state index < -0.39 is 0 Å². The predicted molar refractivity (Wildman–Crippen MR) is 137 cm³/mol. The van der Waals surface area contributed by atoms with E-state index >= 15 is 0 Å². The Morgan fingerprint density at radius 2 is 2.09 bits per heavy atom. The summed E-state index contributed by atoms with van der Waals surface area (Å²) in [6, 6.07) is 16.5. The standard InChI is InChI=1S/C24H20ClN3O3S2/c1-15-5-3-6-16(11-15)26-22(29)14-33-24-27-20(13-18-7-4-10-32-18)23(30)28(24)17-8-9-21(31-2)19(25)12-17/h3-13H,14H2,1-2H3,(H,26,29)/b20-13+. The fourth-order valence-electron chi connectivity index (χ4n) is 3.17. The number of thiophene rings is 1. The van der Waals surface area contributed by atoms with Gasteiger partial charge in [-0.25, -0.2) is 4.99 Å². The second-order valence-electron chi connectivity index (χ2n) is 7.11. The SMILES string of the molecule is COc1ccc(N2C(=O)/C(=C\c3cccs3)N=C2SCC(=O)Nc2cccc(C)c2)cc1Cl. The number of ether oxygens (including phenoxy) is 1. The maximum absolute atomic E-state index is 13.2. The molecule has 1 aliphatic rings. The first-order chi connectivity index (χ1) is 15.9. The molecule has 0 fully saturated rings. The van der Waals surface area contributed by atoms with Crippen LogP contribution in [-0.2, 0) is 9.59 Å². The van der Waals surface area contributed by atoms with Crippen LogP contribution in [0.25, 0.3) is 6.08 Å². The molecule has 9 heteroatoms. The first-order valence-electron chi connectivity index (χ1n) is 9.96. The molecule has 2 amide bonds. The van der Waals surface area contributed by atoms with Gasteiger partial charge in [-0.15, -0.1) is 11.3 Å². The predicted octanol–water partition coefficient (Wildman–Crippen LogP) is 5.83. The highest BCUT2D eigenvalue weighted by Crippen LogP contribution is 2.34. The van der Waals surface area contributed by atoms with Gasteiger partial charge in [0, 0.05) is 10.6 Å². The molecule has 2 aromatic carbocycles. The van der Waals surface area contributed by atoms with Crippen LogP contribution in [0.5, 0.6) is 5.75 Å². The minimum atomic E-state index is -0.286. The second kappa shape index (κ2) is 10.2. The number of hydrogen-bond donors (Lipinski definition) is 1. The minimum Gasteiger partial charge on any atom is -0.495 e. The van der Waals surface area contributed by atoms with Gasteiger partial charge in [-0.3, -0.25) is 14.5 Å². The van der Waals surface area contributed by atoms with Crippen LogP contribution < -0.4 is 15.0 Å². The zero-order valence-corrected chi connectivity index (χ0v) is 20.3.